The van der Waals surface area contributed by atoms with Crippen LogP contribution in [0, 0.1) is 24.1 Å². The number of halogens is 4. The SMILES string of the molecule is Cc1ccc(N/N=C\C=N)c(C(=O)N2CC3CC(Nc4ncc(C(F)(F)F)cc4F)C2C3)n1. The molecule has 1 amide bonds. The van der Waals surface area contributed by atoms with Crippen molar-refractivity contribution in [2.75, 3.05) is 17.3 Å². The molecule has 2 aromatic heterocycles. The summed E-state index contributed by atoms with van der Waals surface area (Å²) in [6, 6.07) is 3.16. The molecule has 2 aromatic rings. The molecule has 4 rings (SSSR count). The zero-order valence-electron chi connectivity index (χ0n) is 17.5. The van der Waals surface area contributed by atoms with Crippen molar-refractivity contribution in [2.24, 2.45) is 11.0 Å². The Balaban J connectivity index is 1.53. The number of carbonyl (C=O) groups is 1. The Morgan fingerprint density at radius 3 is 2.79 bits per heavy atom. The van der Waals surface area contributed by atoms with Gasteiger partial charge in [0.25, 0.3) is 5.91 Å². The van der Waals surface area contributed by atoms with Crippen molar-refractivity contribution in [3.05, 3.63) is 47.2 Å². The smallest absolute Gasteiger partial charge is 0.363 e. The maximum absolute atomic E-state index is 14.3. The molecule has 0 aromatic carbocycles. The number of hydrazone groups is 1. The minimum absolute atomic E-state index is 0.169. The predicted octanol–water partition coefficient (Wildman–Crippen LogP) is 3.71. The molecule has 3 atom stereocenters. The fourth-order valence-electron chi connectivity index (χ4n) is 4.38. The summed E-state index contributed by atoms with van der Waals surface area (Å²) in [7, 11) is 0. The van der Waals surface area contributed by atoms with Gasteiger partial charge in [-0.05, 0) is 43.9 Å². The summed E-state index contributed by atoms with van der Waals surface area (Å²) in [4.78, 5) is 23.0. The van der Waals surface area contributed by atoms with Gasteiger partial charge >= 0.3 is 6.18 Å². The third-order valence-electron chi connectivity index (χ3n) is 5.80. The average molecular weight is 463 g/mol. The molecular formula is C21H21F4N7O. The molecular weight excluding hydrogens is 442 g/mol. The third-order valence-corrected chi connectivity index (χ3v) is 5.80. The molecule has 1 aliphatic carbocycles. The molecule has 12 heteroatoms. The number of anilines is 2. The number of carbonyl (C=O) groups excluding carboxylic acids is 1. The highest BCUT2D eigenvalue weighted by Gasteiger charge is 2.48. The number of aromatic nitrogens is 2. The molecule has 3 unspecified atom stereocenters. The number of pyridine rings is 2. The van der Waals surface area contributed by atoms with Crippen molar-refractivity contribution < 1.29 is 22.4 Å². The van der Waals surface area contributed by atoms with Gasteiger partial charge in [-0.1, -0.05) is 0 Å². The Kier molecular flexibility index (Phi) is 6.00. The highest BCUT2D eigenvalue weighted by molar-refractivity contribution is 6.14. The molecule has 2 aliphatic rings. The number of amides is 1. The van der Waals surface area contributed by atoms with Crippen LogP contribution in [0.1, 0.15) is 34.6 Å². The van der Waals surface area contributed by atoms with Gasteiger partial charge in [0.2, 0.25) is 0 Å². The van der Waals surface area contributed by atoms with Gasteiger partial charge in [-0.3, -0.25) is 10.2 Å². The van der Waals surface area contributed by atoms with Gasteiger partial charge in [0.1, 0.15) is 0 Å². The first kappa shape index (κ1) is 22.6. The van der Waals surface area contributed by atoms with E-state index in [1.807, 2.05) is 0 Å². The summed E-state index contributed by atoms with van der Waals surface area (Å²) in [5.74, 6) is -1.52. The van der Waals surface area contributed by atoms with Gasteiger partial charge in [-0.2, -0.15) is 18.3 Å². The maximum atomic E-state index is 14.3. The molecule has 8 nitrogen and oxygen atoms in total. The second-order valence-corrected chi connectivity index (χ2v) is 8.07. The zero-order chi connectivity index (χ0) is 23.8. The molecule has 2 bridgehead atoms. The van der Waals surface area contributed by atoms with E-state index in [1.54, 1.807) is 24.0 Å². The molecule has 174 valence electrons. The van der Waals surface area contributed by atoms with Gasteiger partial charge in [0, 0.05) is 30.7 Å². The number of hydrogen-bond donors (Lipinski definition) is 3. The average Bonchev–Trinajstić information content (AvgIpc) is 3.35. The first-order valence-corrected chi connectivity index (χ1v) is 10.2. The van der Waals surface area contributed by atoms with E-state index in [9.17, 15) is 22.4 Å². The molecule has 3 heterocycles. The Hall–Kier alpha value is -3.57. The van der Waals surface area contributed by atoms with Crippen LogP contribution in [-0.4, -0.2) is 51.8 Å². The second kappa shape index (κ2) is 8.75. The largest absolute Gasteiger partial charge is 0.417 e. The topological polar surface area (TPSA) is 106 Å². The van der Waals surface area contributed by atoms with Crippen LogP contribution < -0.4 is 10.7 Å². The first-order chi connectivity index (χ1) is 15.7. The minimum Gasteiger partial charge on any atom is -0.363 e. The lowest BCUT2D eigenvalue weighted by atomic mass is 10.0. The van der Waals surface area contributed by atoms with E-state index in [1.165, 1.54) is 6.21 Å². The highest BCUT2D eigenvalue weighted by atomic mass is 19.4. The summed E-state index contributed by atoms with van der Waals surface area (Å²) in [6.07, 6.45) is -0.557. The fraction of sp³-hybridized carbons (Fsp3) is 0.381. The minimum atomic E-state index is -4.68. The van der Waals surface area contributed by atoms with Gasteiger partial charge in [0.05, 0.1) is 23.5 Å². The van der Waals surface area contributed by atoms with Crippen molar-refractivity contribution in [1.29, 1.82) is 5.41 Å². The van der Waals surface area contributed by atoms with E-state index >= 15 is 0 Å². The molecule has 3 N–H and O–H groups in total. The normalized spacial score (nSPS) is 22.1. The van der Waals surface area contributed by atoms with Gasteiger partial charge in [0.15, 0.2) is 17.3 Å². The molecule has 2 fully saturated rings. The zero-order valence-corrected chi connectivity index (χ0v) is 17.5. The lowest BCUT2D eigenvalue weighted by Gasteiger charge is -2.34. The van der Waals surface area contributed by atoms with Crippen molar-refractivity contribution in [1.82, 2.24) is 14.9 Å². The first-order valence-electron chi connectivity index (χ1n) is 10.2. The molecule has 1 saturated carbocycles. The van der Waals surface area contributed by atoms with Crippen molar-refractivity contribution in [3.63, 3.8) is 0 Å². The Morgan fingerprint density at radius 2 is 2.12 bits per heavy atom. The van der Waals surface area contributed by atoms with Crippen LogP contribution in [0.2, 0.25) is 0 Å². The Bertz CT molecular complexity index is 1100. The fourth-order valence-corrected chi connectivity index (χ4v) is 4.38. The summed E-state index contributed by atoms with van der Waals surface area (Å²) in [6.45, 7) is 2.25. The summed E-state index contributed by atoms with van der Waals surface area (Å²) >= 11 is 0. The van der Waals surface area contributed by atoms with Crippen LogP contribution in [-0.2, 0) is 6.18 Å². The maximum Gasteiger partial charge on any atom is 0.417 e. The van der Waals surface area contributed by atoms with Crippen LogP contribution in [0.3, 0.4) is 0 Å². The van der Waals surface area contributed by atoms with E-state index in [4.69, 9.17) is 5.41 Å². The molecule has 1 saturated heterocycles. The number of rotatable bonds is 6. The molecule has 33 heavy (non-hydrogen) atoms. The lowest BCUT2D eigenvalue weighted by molar-refractivity contribution is -0.138. The lowest BCUT2D eigenvalue weighted by Crippen LogP contribution is -2.48. The Labute approximate surface area is 186 Å². The second-order valence-electron chi connectivity index (χ2n) is 8.07. The van der Waals surface area contributed by atoms with Gasteiger partial charge < -0.3 is 15.6 Å². The van der Waals surface area contributed by atoms with Crippen LogP contribution in [0.5, 0.6) is 0 Å². The number of piperidine rings is 1. The quantitative estimate of drug-likeness (QED) is 0.344. The van der Waals surface area contributed by atoms with Crippen molar-refractivity contribution in [2.45, 2.75) is 38.0 Å². The van der Waals surface area contributed by atoms with Crippen LogP contribution in [0.4, 0.5) is 29.1 Å². The number of hydrogen-bond acceptors (Lipinski definition) is 7. The van der Waals surface area contributed by atoms with E-state index < -0.39 is 17.6 Å². The standard InChI is InChI=1S/C21H21F4N7O/c1-11-2-3-15(31-28-5-4-26)18(29-11)20(33)32-10-12-6-16(17(32)7-12)30-19-14(22)8-13(9-27-19)21(23,24)25/h2-5,8-9,12,16-17,26,31H,6-7,10H2,1H3,(H,27,30)/b26-4?,28-5-. The monoisotopic (exact) mass is 463 g/mol. The number of likely N-dealkylation sites (tertiary alicyclic amines) is 1. The predicted molar refractivity (Wildman–Crippen MR) is 114 cm³/mol. The van der Waals surface area contributed by atoms with Crippen LogP contribution in [0.25, 0.3) is 0 Å². The summed E-state index contributed by atoms with van der Waals surface area (Å²) in [5, 5.41) is 13.7. The van der Waals surface area contributed by atoms with Crippen LogP contribution >= 0.6 is 0 Å². The highest BCUT2D eigenvalue weighted by Crippen LogP contribution is 2.40. The van der Waals surface area contributed by atoms with E-state index in [0.717, 1.165) is 6.21 Å². The van der Waals surface area contributed by atoms with Gasteiger partial charge in [-0.15, -0.1) is 0 Å². The van der Waals surface area contributed by atoms with E-state index in [0.29, 0.717) is 43.0 Å². The number of nitrogens with one attached hydrogen (secondary N) is 3. The number of alkyl halides is 3. The Morgan fingerprint density at radius 1 is 1.33 bits per heavy atom. The van der Waals surface area contributed by atoms with Crippen LogP contribution in [0.15, 0.2) is 29.5 Å². The van der Waals surface area contributed by atoms with Gasteiger partial charge in [-0.25, -0.2) is 14.4 Å². The van der Waals surface area contributed by atoms with E-state index in [2.05, 4.69) is 25.8 Å². The molecule has 1 aliphatic heterocycles. The molecule has 0 spiro atoms. The van der Waals surface area contributed by atoms with E-state index in [-0.39, 0.29) is 35.4 Å². The number of nitrogens with zero attached hydrogens (tertiary/aromatic N) is 4. The third kappa shape index (κ3) is 4.64. The summed E-state index contributed by atoms with van der Waals surface area (Å²) < 4.78 is 52.6. The van der Waals surface area contributed by atoms with Crippen molar-refractivity contribution in [3.8, 4) is 0 Å². The summed E-state index contributed by atoms with van der Waals surface area (Å²) in [5.41, 5.74) is 2.73. The van der Waals surface area contributed by atoms with Crippen molar-refractivity contribution >= 4 is 29.8 Å². The molecule has 0 radical (unpaired) electrons. The number of aryl methyl sites for hydroxylation is 1. The number of fused-ring (bicyclic) bond motifs is 2.